The van der Waals surface area contributed by atoms with E-state index < -0.39 is 35.9 Å². The second-order valence-corrected chi connectivity index (χ2v) is 5.80. The summed E-state index contributed by atoms with van der Waals surface area (Å²) in [6.07, 6.45) is 0.0858. The molecule has 1 aromatic carbocycles. The summed E-state index contributed by atoms with van der Waals surface area (Å²) in [6.45, 7) is -0.958. The number of anilines is 1. The summed E-state index contributed by atoms with van der Waals surface area (Å²) in [6, 6.07) is 8.70. The highest BCUT2D eigenvalue weighted by Crippen LogP contribution is 2.52. The fraction of sp³-hybridized carbons (Fsp3) is 0.312. The zero-order valence-electron chi connectivity index (χ0n) is 13.2. The number of aliphatic hydroxyl groups is 2. The van der Waals surface area contributed by atoms with E-state index in [1.165, 1.54) is 19.2 Å². The number of halogens is 1. The number of ether oxygens (including phenoxy) is 1. The first-order valence-electron chi connectivity index (χ1n) is 7.47. The minimum atomic E-state index is -2.14. The van der Waals surface area contributed by atoms with Gasteiger partial charge in [0, 0.05) is 11.8 Å². The summed E-state index contributed by atoms with van der Waals surface area (Å²) in [7, 11) is 0. The zero-order valence-corrected chi connectivity index (χ0v) is 13.2. The van der Waals surface area contributed by atoms with Crippen molar-refractivity contribution in [2.45, 2.75) is 31.2 Å². The van der Waals surface area contributed by atoms with Gasteiger partial charge in [-0.3, -0.25) is 9.36 Å². The summed E-state index contributed by atoms with van der Waals surface area (Å²) in [5.74, 6) is -0.410. The Kier molecular flexibility index (Phi) is 4.38. The van der Waals surface area contributed by atoms with Crippen LogP contribution in [-0.2, 0) is 4.74 Å². The number of benzene rings is 1. The monoisotopic (exact) mass is 349 g/mol. The number of carbonyl (C=O) groups excluding carboxylic acids is 1. The second kappa shape index (κ2) is 6.36. The molecule has 3 atom stereocenters. The number of nitrogens with one attached hydrogen (secondary N) is 1. The van der Waals surface area contributed by atoms with Crippen LogP contribution in [0.1, 0.15) is 23.3 Å². The first kappa shape index (κ1) is 17.2. The summed E-state index contributed by atoms with van der Waals surface area (Å²) in [4.78, 5) is 27.9. The van der Waals surface area contributed by atoms with Gasteiger partial charge < -0.3 is 20.3 Å². The molecule has 0 aliphatic heterocycles. The molecule has 1 unspecified atom stereocenters. The molecule has 0 saturated heterocycles. The predicted octanol–water partition coefficient (Wildman–Crippen LogP) is 0.432. The SMILES string of the molecule is C[C@]1(F)C(OC(O)O)[C@H]1n1ccc(NC(=O)c2ccccc2)nc1=O. The van der Waals surface area contributed by atoms with E-state index in [4.69, 9.17) is 10.2 Å². The molecule has 8 nitrogen and oxygen atoms in total. The molecule has 1 aliphatic carbocycles. The summed E-state index contributed by atoms with van der Waals surface area (Å²) in [5.41, 5.74) is -2.33. The smallest absolute Gasteiger partial charge is 0.346 e. The van der Waals surface area contributed by atoms with Crippen LogP contribution < -0.4 is 11.0 Å². The molecule has 1 aromatic heterocycles. The van der Waals surface area contributed by atoms with Crippen molar-refractivity contribution in [3.05, 3.63) is 58.6 Å². The van der Waals surface area contributed by atoms with Crippen molar-refractivity contribution in [1.82, 2.24) is 9.55 Å². The molecular formula is C16H16FN3O5. The lowest BCUT2D eigenvalue weighted by Gasteiger charge is -2.08. The van der Waals surface area contributed by atoms with Gasteiger partial charge in [-0.1, -0.05) is 18.2 Å². The summed E-state index contributed by atoms with van der Waals surface area (Å²) in [5, 5.41) is 20.1. The van der Waals surface area contributed by atoms with Crippen molar-refractivity contribution in [2.75, 3.05) is 5.32 Å². The largest absolute Gasteiger partial charge is 0.349 e. The number of rotatable bonds is 5. The van der Waals surface area contributed by atoms with E-state index in [1.54, 1.807) is 30.3 Å². The third-order valence-corrected chi connectivity index (χ3v) is 3.99. The maximum Gasteiger partial charge on any atom is 0.349 e. The molecule has 3 N–H and O–H groups in total. The van der Waals surface area contributed by atoms with Gasteiger partial charge in [0.05, 0.1) is 0 Å². The summed E-state index contributed by atoms with van der Waals surface area (Å²) >= 11 is 0. The number of hydrogen-bond acceptors (Lipinski definition) is 6. The molecule has 0 bridgehead atoms. The molecule has 3 rings (SSSR count). The van der Waals surface area contributed by atoms with E-state index in [9.17, 15) is 14.0 Å². The molecule has 1 amide bonds. The average molecular weight is 349 g/mol. The number of hydrogen-bond donors (Lipinski definition) is 3. The maximum absolute atomic E-state index is 14.3. The van der Waals surface area contributed by atoms with Crippen molar-refractivity contribution in [3.63, 3.8) is 0 Å². The Morgan fingerprint density at radius 3 is 2.64 bits per heavy atom. The number of amides is 1. The zero-order chi connectivity index (χ0) is 18.2. The van der Waals surface area contributed by atoms with Crippen LogP contribution >= 0.6 is 0 Å². The van der Waals surface area contributed by atoms with Crippen LogP contribution in [0.25, 0.3) is 0 Å². The van der Waals surface area contributed by atoms with Gasteiger partial charge in [-0.05, 0) is 25.1 Å². The number of alkyl halides is 1. The van der Waals surface area contributed by atoms with Crippen molar-refractivity contribution in [3.8, 4) is 0 Å². The molecule has 25 heavy (non-hydrogen) atoms. The molecule has 132 valence electrons. The van der Waals surface area contributed by atoms with Gasteiger partial charge in [0.2, 0.25) is 0 Å². The lowest BCUT2D eigenvalue weighted by atomic mass is 10.2. The Morgan fingerprint density at radius 1 is 1.36 bits per heavy atom. The van der Waals surface area contributed by atoms with Crippen LogP contribution in [0.15, 0.2) is 47.4 Å². The highest BCUT2D eigenvalue weighted by Gasteiger charge is 2.67. The molecule has 0 radical (unpaired) electrons. The van der Waals surface area contributed by atoms with Gasteiger partial charge in [0.15, 0.2) is 5.67 Å². The van der Waals surface area contributed by atoms with Crippen molar-refractivity contribution in [1.29, 1.82) is 0 Å². The maximum atomic E-state index is 14.3. The Bertz CT molecular complexity index is 837. The molecule has 0 spiro atoms. The first-order valence-corrected chi connectivity index (χ1v) is 7.47. The van der Waals surface area contributed by atoms with Gasteiger partial charge in [-0.15, -0.1) is 0 Å². The van der Waals surface area contributed by atoms with Gasteiger partial charge in [-0.2, -0.15) is 4.98 Å². The molecule has 1 saturated carbocycles. The Morgan fingerprint density at radius 2 is 2.04 bits per heavy atom. The second-order valence-electron chi connectivity index (χ2n) is 5.80. The highest BCUT2D eigenvalue weighted by atomic mass is 19.1. The molecule has 1 fully saturated rings. The number of aliphatic hydroxyl groups excluding tert-OH is 1. The van der Waals surface area contributed by atoms with Crippen LogP contribution in [0, 0.1) is 0 Å². The highest BCUT2D eigenvalue weighted by molar-refractivity contribution is 6.03. The third kappa shape index (κ3) is 3.43. The van der Waals surface area contributed by atoms with Gasteiger partial charge >= 0.3 is 5.69 Å². The standard InChI is InChI=1S/C16H16FN3O5/c1-16(17)11(12(16)25-15(23)24)20-8-7-10(19-14(20)22)18-13(21)9-5-3-2-4-6-9/h2-8,11-12,15,23-24H,1H3,(H,18,19,21,22)/t11-,12?,16-/m1/s1. The van der Waals surface area contributed by atoms with Gasteiger partial charge in [-0.25, -0.2) is 9.18 Å². The molecule has 1 aliphatic rings. The third-order valence-electron chi connectivity index (χ3n) is 3.99. The van der Waals surface area contributed by atoms with Crippen molar-refractivity contribution < 1.29 is 24.1 Å². The van der Waals surface area contributed by atoms with Gasteiger partial charge in [0.1, 0.15) is 18.0 Å². The Hall–Kier alpha value is -2.62. The first-order chi connectivity index (χ1) is 11.8. The topological polar surface area (TPSA) is 114 Å². The minimum Gasteiger partial charge on any atom is -0.346 e. The predicted molar refractivity (Wildman–Crippen MR) is 84.5 cm³/mol. The van der Waals surface area contributed by atoms with E-state index in [1.807, 2.05) is 0 Å². The van der Waals surface area contributed by atoms with E-state index in [0.29, 0.717) is 5.56 Å². The fourth-order valence-corrected chi connectivity index (χ4v) is 2.65. The van der Waals surface area contributed by atoms with Crippen molar-refractivity contribution >= 4 is 11.7 Å². The lowest BCUT2D eigenvalue weighted by Crippen LogP contribution is -2.26. The fourth-order valence-electron chi connectivity index (χ4n) is 2.65. The number of aromatic nitrogens is 2. The molecule has 9 heteroatoms. The number of nitrogens with zero attached hydrogens (tertiary/aromatic N) is 2. The number of carbonyl (C=O) groups is 1. The van der Waals surface area contributed by atoms with Crippen LogP contribution in [-0.4, -0.2) is 43.9 Å². The van der Waals surface area contributed by atoms with E-state index in [0.717, 1.165) is 4.57 Å². The Labute approximate surface area is 141 Å². The lowest BCUT2D eigenvalue weighted by molar-refractivity contribution is -0.245. The van der Waals surface area contributed by atoms with Crippen LogP contribution in [0.3, 0.4) is 0 Å². The Balaban J connectivity index is 1.76. The van der Waals surface area contributed by atoms with Crippen LogP contribution in [0.4, 0.5) is 10.2 Å². The molecule has 2 aromatic rings. The van der Waals surface area contributed by atoms with Crippen molar-refractivity contribution in [2.24, 2.45) is 0 Å². The quantitative estimate of drug-likeness (QED) is 0.675. The minimum absolute atomic E-state index is 0.0241. The van der Waals surface area contributed by atoms with E-state index >= 15 is 0 Å². The summed E-state index contributed by atoms with van der Waals surface area (Å²) < 4.78 is 19.9. The van der Waals surface area contributed by atoms with Crippen LogP contribution in [0.5, 0.6) is 0 Å². The average Bonchev–Trinajstić information content (AvgIpc) is 3.08. The molecular weight excluding hydrogens is 333 g/mol. The van der Waals surface area contributed by atoms with E-state index in [2.05, 4.69) is 15.0 Å². The normalized spacial score (nSPS) is 25.0. The van der Waals surface area contributed by atoms with Crippen LogP contribution in [0.2, 0.25) is 0 Å². The molecule has 1 heterocycles. The van der Waals surface area contributed by atoms with E-state index in [-0.39, 0.29) is 5.82 Å². The van der Waals surface area contributed by atoms with Gasteiger partial charge in [0.25, 0.3) is 12.4 Å².